The Morgan fingerprint density at radius 3 is 2.57 bits per heavy atom. The summed E-state index contributed by atoms with van der Waals surface area (Å²) in [5.41, 5.74) is 2.80. The summed E-state index contributed by atoms with van der Waals surface area (Å²) >= 11 is 5.74. The van der Waals surface area contributed by atoms with Gasteiger partial charge < -0.3 is 0 Å². The highest BCUT2D eigenvalue weighted by Gasteiger charge is 1.99. The van der Waals surface area contributed by atoms with Gasteiger partial charge in [-0.3, -0.25) is 9.97 Å². The second-order valence-electron chi connectivity index (χ2n) is 2.90. The second-order valence-corrected chi connectivity index (χ2v) is 3.17. The molecular formula is C11H9ClN2. The predicted molar refractivity (Wildman–Crippen MR) is 57.0 cm³/mol. The third kappa shape index (κ3) is 1.91. The Hall–Kier alpha value is -1.41. The molecule has 2 aromatic heterocycles. The number of aromatic nitrogens is 2. The fourth-order valence-corrected chi connectivity index (χ4v) is 1.38. The monoisotopic (exact) mass is 204 g/mol. The lowest BCUT2D eigenvalue weighted by atomic mass is 10.2. The molecule has 0 aliphatic carbocycles. The van der Waals surface area contributed by atoms with Crippen LogP contribution in [0.15, 0.2) is 42.7 Å². The van der Waals surface area contributed by atoms with Crippen molar-refractivity contribution in [1.29, 1.82) is 0 Å². The molecule has 0 unspecified atom stereocenters. The Morgan fingerprint density at radius 1 is 1.00 bits per heavy atom. The lowest BCUT2D eigenvalue weighted by molar-refractivity contribution is 1.22. The van der Waals surface area contributed by atoms with Gasteiger partial charge in [0, 0.05) is 18.3 Å². The van der Waals surface area contributed by atoms with E-state index in [0.717, 1.165) is 17.0 Å². The maximum absolute atomic E-state index is 5.74. The molecule has 2 nitrogen and oxygen atoms in total. The van der Waals surface area contributed by atoms with Crippen molar-refractivity contribution in [3.63, 3.8) is 0 Å². The summed E-state index contributed by atoms with van der Waals surface area (Å²) in [4.78, 5) is 8.46. The number of halogens is 1. The maximum atomic E-state index is 5.74. The van der Waals surface area contributed by atoms with E-state index < -0.39 is 0 Å². The van der Waals surface area contributed by atoms with Crippen molar-refractivity contribution in [3.05, 3.63) is 48.3 Å². The Bertz CT molecular complexity index is 415. The molecule has 2 heterocycles. The molecule has 0 aromatic carbocycles. The first kappa shape index (κ1) is 9.16. The standard InChI is InChI=1S/C11H9ClN2/c12-8-9-4-6-14-11(7-9)10-3-1-2-5-13-10/h1-7H,8H2. The van der Waals surface area contributed by atoms with E-state index in [1.54, 1.807) is 12.4 Å². The zero-order valence-electron chi connectivity index (χ0n) is 7.52. The van der Waals surface area contributed by atoms with Crippen LogP contribution in [-0.2, 0) is 5.88 Å². The fourth-order valence-electron chi connectivity index (χ4n) is 1.21. The lowest BCUT2D eigenvalue weighted by Crippen LogP contribution is -1.87. The van der Waals surface area contributed by atoms with Crippen LogP contribution in [0.2, 0.25) is 0 Å². The van der Waals surface area contributed by atoms with Crippen LogP contribution in [0, 0.1) is 0 Å². The van der Waals surface area contributed by atoms with E-state index in [4.69, 9.17) is 11.6 Å². The molecule has 2 aromatic rings. The highest BCUT2D eigenvalue weighted by atomic mass is 35.5. The first-order chi connectivity index (χ1) is 6.90. The highest BCUT2D eigenvalue weighted by Crippen LogP contribution is 2.15. The molecule has 70 valence electrons. The van der Waals surface area contributed by atoms with Crippen molar-refractivity contribution in [2.24, 2.45) is 0 Å². The minimum absolute atomic E-state index is 0.502. The summed E-state index contributed by atoms with van der Waals surface area (Å²) < 4.78 is 0. The van der Waals surface area contributed by atoms with Gasteiger partial charge in [-0.05, 0) is 29.8 Å². The summed E-state index contributed by atoms with van der Waals surface area (Å²) in [6.07, 6.45) is 3.51. The fraction of sp³-hybridized carbons (Fsp3) is 0.0909. The number of pyridine rings is 2. The minimum atomic E-state index is 0.502. The minimum Gasteiger partial charge on any atom is -0.255 e. The molecule has 0 amide bonds. The average molecular weight is 205 g/mol. The predicted octanol–water partition coefficient (Wildman–Crippen LogP) is 2.88. The largest absolute Gasteiger partial charge is 0.255 e. The van der Waals surface area contributed by atoms with Gasteiger partial charge in [0.15, 0.2) is 0 Å². The second kappa shape index (κ2) is 4.20. The number of hydrogen-bond donors (Lipinski definition) is 0. The molecule has 2 rings (SSSR count). The molecule has 3 heteroatoms. The Balaban J connectivity index is 2.42. The van der Waals surface area contributed by atoms with Gasteiger partial charge in [-0.2, -0.15) is 0 Å². The molecule has 14 heavy (non-hydrogen) atoms. The van der Waals surface area contributed by atoms with Crippen molar-refractivity contribution >= 4 is 11.6 Å². The maximum Gasteiger partial charge on any atom is 0.0889 e. The van der Waals surface area contributed by atoms with Crippen LogP contribution in [0.5, 0.6) is 0 Å². The molecule has 0 saturated heterocycles. The Kier molecular flexibility index (Phi) is 2.75. The topological polar surface area (TPSA) is 25.8 Å². The van der Waals surface area contributed by atoms with Crippen LogP contribution in [0.4, 0.5) is 0 Å². The van der Waals surface area contributed by atoms with Gasteiger partial charge in [-0.15, -0.1) is 11.6 Å². The van der Waals surface area contributed by atoms with Gasteiger partial charge in [0.25, 0.3) is 0 Å². The van der Waals surface area contributed by atoms with E-state index in [-0.39, 0.29) is 0 Å². The van der Waals surface area contributed by atoms with Gasteiger partial charge in [0.05, 0.1) is 11.4 Å². The molecule has 0 aliphatic rings. The molecule has 0 atom stereocenters. The number of nitrogens with zero attached hydrogens (tertiary/aromatic N) is 2. The summed E-state index contributed by atoms with van der Waals surface area (Å²) in [5, 5.41) is 0. The first-order valence-corrected chi connectivity index (χ1v) is 4.86. The first-order valence-electron chi connectivity index (χ1n) is 4.32. The smallest absolute Gasteiger partial charge is 0.0889 e. The summed E-state index contributed by atoms with van der Waals surface area (Å²) in [6.45, 7) is 0. The van der Waals surface area contributed by atoms with Crippen molar-refractivity contribution in [2.45, 2.75) is 5.88 Å². The zero-order chi connectivity index (χ0) is 9.80. The Labute approximate surface area is 87.6 Å². The van der Waals surface area contributed by atoms with Gasteiger partial charge in [-0.1, -0.05) is 6.07 Å². The van der Waals surface area contributed by atoms with E-state index in [0.29, 0.717) is 5.88 Å². The van der Waals surface area contributed by atoms with Gasteiger partial charge in [-0.25, -0.2) is 0 Å². The van der Waals surface area contributed by atoms with Crippen molar-refractivity contribution in [3.8, 4) is 11.4 Å². The number of alkyl halides is 1. The van der Waals surface area contributed by atoms with Crippen molar-refractivity contribution in [2.75, 3.05) is 0 Å². The van der Waals surface area contributed by atoms with E-state index in [1.165, 1.54) is 0 Å². The summed E-state index contributed by atoms with van der Waals surface area (Å²) in [6, 6.07) is 9.61. The van der Waals surface area contributed by atoms with Gasteiger partial charge >= 0.3 is 0 Å². The van der Waals surface area contributed by atoms with Crippen LogP contribution in [0.25, 0.3) is 11.4 Å². The van der Waals surface area contributed by atoms with E-state index in [9.17, 15) is 0 Å². The molecule has 0 aliphatic heterocycles. The van der Waals surface area contributed by atoms with Crippen LogP contribution in [0.1, 0.15) is 5.56 Å². The third-order valence-electron chi connectivity index (χ3n) is 1.91. The van der Waals surface area contributed by atoms with Crippen molar-refractivity contribution < 1.29 is 0 Å². The number of rotatable bonds is 2. The molecule has 0 fully saturated rings. The average Bonchev–Trinajstić information content (AvgIpc) is 2.30. The highest BCUT2D eigenvalue weighted by molar-refractivity contribution is 6.17. The summed E-state index contributed by atoms with van der Waals surface area (Å²) in [5.74, 6) is 0.502. The van der Waals surface area contributed by atoms with Crippen molar-refractivity contribution in [1.82, 2.24) is 9.97 Å². The van der Waals surface area contributed by atoms with Gasteiger partial charge in [0.2, 0.25) is 0 Å². The van der Waals surface area contributed by atoms with Crippen LogP contribution < -0.4 is 0 Å². The number of hydrogen-bond acceptors (Lipinski definition) is 2. The quantitative estimate of drug-likeness (QED) is 0.703. The SMILES string of the molecule is ClCc1ccnc(-c2ccccn2)c1. The normalized spacial score (nSPS) is 10.1. The van der Waals surface area contributed by atoms with Crippen LogP contribution in [-0.4, -0.2) is 9.97 Å². The zero-order valence-corrected chi connectivity index (χ0v) is 8.28. The molecule has 0 saturated carbocycles. The molecule has 0 bridgehead atoms. The van der Waals surface area contributed by atoms with Gasteiger partial charge in [0.1, 0.15) is 0 Å². The van der Waals surface area contributed by atoms with Crippen LogP contribution >= 0.6 is 11.6 Å². The third-order valence-corrected chi connectivity index (χ3v) is 2.21. The summed E-state index contributed by atoms with van der Waals surface area (Å²) in [7, 11) is 0. The van der Waals surface area contributed by atoms with E-state index in [1.807, 2.05) is 30.3 Å². The molecule has 0 spiro atoms. The van der Waals surface area contributed by atoms with E-state index in [2.05, 4.69) is 9.97 Å². The molecular weight excluding hydrogens is 196 g/mol. The van der Waals surface area contributed by atoms with E-state index >= 15 is 0 Å². The molecule has 0 N–H and O–H groups in total. The Morgan fingerprint density at radius 2 is 1.86 bits per heavy atom. The lowest BCUT2D eigenvalue weighted by Gasteiger charge is -2.00. The van der Waals surface area contributed by atoms with Crippen LogP contribution in [0.3, 0.4) is 0 Å². The molecule has 0 radical (unpaired) electrons.